The summed E-state index contributed by atoms with van der Waals surface area (Å²) in [6.45, 7) is 4.32. The molecule has 1 aromatic heterocycles. The van der Waals surface area contributed by atoms with Crippen molar-refractivity contribution in [3.63, 3.8) is 0 Å². The van der Waals surface area contributed by atoms with Gasteiger partial charge < -0.3 is 4.74 Å². The molecule has 0 aliphatic heterocycles. The number of rotatable bonds is 5. The minimum Gasteiger partial charge on any atom is -0.493 e. The first kappa shape index (κ1) is 18.0. The molecular formula is C20H20ClN3O2. The van der Waals surface area contributed by atoms with Crippen molar-refractivity contribution in [1.82, 2.24) is 9.36 Å². The Hall–Kier alpha value is -2.79. The maximum absolute atomic E-state index is 12.9. The number of halogens is 1. The van der Waals surface area contributed by atoms with Crippen LogP contribution in [0.1, 0.15) is 18.2 Å². The highest BCUT2D eigenvalue weighted by molar-refractivity contribution is 6.30. The van der Waals surface area contributed by atoms with Gasteiger partial charge >= 0.3 is 0 Å². The van der Waals surface area contributed by atoms with Crippen molar-refractivity contribution >= 4 is 23.5 Å². The molecule has 0 unspecified atom stereocenters. The lowest BCUT2D eigenvalue weighted by atomic mass is 10.2. The van der Waals surface area contributed by atoms with Gasteiger partial charge in [-0.2, -0.15) is 0 Å². The van der Waals surface area contributed by atoms with Gasteiger partial charge in [0.25, 0.3) is 5.56 Å². The maximum atomic E-state index is 12.9. The molecule has 3 rings (SSSR count). The van der Waals surface area contributed by atoms with Crippen molar-refractivity contribution in [2.45, 2.75) is 13.8 Å². The molecule has 0 saturated carbocycles. The first-order chi connectivity index (χ1) is 12.5. The van der Waals surface area contributed by atoms with E-state index in [1.165, 1.54) is 0 Å². The zero-order chi connectivity index (χ0) is 18.7. The van der Waals surface area contributed by atoms with E-state index in [0.29, 0.717) is 23.1 Å². The number of ether oxygens (including phenoxy) is 1. The molecule has 2 aromatic carbocycles. The Morgan fingerprint density at radius 1 is 1.19 bits per heavy atom. The fourth-order valence-corrected chi connectivity index (χ4v) is 2.92. The van der Waals surface area contributed by atoms with Crippen molar-refractivity contribution in [3.8, 4) is 11.4 Å². The van der Waals surface area contributed by atoms with E-state index >= 15 is 0 Å². The van der Waals surface area contributed by atoms with Gasteiger partial charge in [-0.3, -0.25) is 9.48 Å². The van der Waals surface area contributed by atoms with Crippen LogP contribution < -0.4 is 10.3 Å². The fourth-order valence-electron chi connectivity index (χ4n) is 2.74. The van der Waals surface area contributed by atoms with E-state index in [9.17, 15) is 4.79 Å². The SMILES string of the molecule is CCOc1ccc(Cl)cc1C=Nc1c(C)n(C)n(-c2ccccc2)c1=O. The Kier molecular flexibility index (Phi) is 5.28. The average Bonchev–Trinajstić information content (AvgIpc) is 2.85. The van der Waals surface area contributed by atoms with E-state index in [4.69, 9.17) is 16.3 Å². The minimum absolute atomic E-state index is 0.174. The molecule has 134 valence electrons. The highest BCUT2D eigenvalue weighted by Crippen LogP contribution is 2.23. The Balaban J connectivity index is 2.06. The Morgan fingerprint density at radius 2 is 1.92 bits per heavy atom. The monoisotopic (exact) mass is 369 g/mol. The summed E-state index contributed by atoms with van der Waals surface area (Å²) in [4.78, 5) is 17.3. The van der Waals surface area contributed by atoms with Crippen LogP contribution in [-0.2, 0) is 7.05 Å². The van der Waals surface area contributed by atoms with Crippen molar-refractivity contribution in [3.05, 3.63) is 75.2 Å². The van der Waals surface area contributed by atoms with E-state index in [1.54, 1.807) is 33.8 Å². The number of benzene rings is 2. The lowest BCUT2D eigenvalue weighted by Gasteiger charge is -2.07. The molecular weight excluding hydrogens is 350 g/mol. The smallest absolute Gasteiger partial charge is 0.297 e. The largest absolute Gasteiger partial charge is 0.493 e. The second kappa shape index (κ2) is 7.62. The molecule has 0 radical (unpaired) electrons. The third-order valence-electron chi connectivity index (χ3n) is 4.13. The number of aliphatic imine (C=N–C) groups is 1. The summed E-state index contributed by atoms with van der Waals surface area (Å²) in [5, 5.41) is 0.585. The molecule has 26 heavy (non-hydrogen) atoms. The van der Waals surface area contributed by atoms with Crippen LogP contribution in [0.15, 0.2) is 58.3 Å². The Bertz CT molecular complexity index is 1000. The number of hydrogen-bond acceptors (Lipinski definition) is 3. The molecule has 0 bridgehead atoms. The highest BCUT2D eigenvalue weighted by Gasteiger charge is 2.15. The summed E-state index contributed by atoms with van der Waals surface area (Å²) in [5.74, 6) is 0.678. The van der Waals surface area contributed by atoms with E-state index in [-0.39, 0.29) is 5.56 Å². The number of aromatic nitrogens is 2. The van der Waals surface area contributed by atoms with E-state index < -0.39 is 0 Å². The van der Waals surface area contributed by atoms with Crippen LogP contribution in [0.25, 0.3) is 5.69 Å². The van der Waals surface area contributed by atoms with Gasteiger partial charge in [-0.1, -0.05) is 29.8 Å². The summed E-state index contributed by atoms with van der Waals surface area (Å²) in [5.41, 5.74) is 2.51. The molecule has 6 heteroatoms. The molecule has 0 atom stereocenters. The van der Waals surface area contributed by atoms with Crippen LogP contribution in [0.4, 0.5) is 5.69 Å². The summed E-state index contributed by atoms with van der Waals surface area (Å²) in [7, 11) is 1.84. The number of para-hydroxylation sites is 1. The molecule has 1 heterocycles. The Labute approximate surface area is 157 Å². The van der Waals surface area contributed by atoms with Crippen LogP contribution in [0.5, 0.6) is 5.75 Å². The minimum atomic E-state index is -0.174. The topological polar surface area (TPSA) is 48.5 Å². The molecule has 0 aliphatic carbocycles. The zero-order valence-corrected chi connectivity index (χ0v) is 15.7. The second-order valence-corrected chi connectivity index (χ2v) is 6.22. The predicted octanol–water partition coefficient (Wildman–Crippen LogP) is 4.29. The molecule has 0 amide bonds. The van der Waals surface area contributed by atoms with Gasteiger partial charge in [-0.15, -0.1) is 0 Å². The van der Waals surface area contributed by atoms with Crippen LogP contribution in [0.2, 0.25) is 5.02 Å². The van der Waals surface area contributed by atoms with Gasteiger partial charge in [-0.05, 0) is 44.2 Å². The molecule has 3 aromatic rings. The zero-order valence-electron chi connectivity index (χ0n) is 14.9. The van der Waals surface area contributed by atoms with Gasteiger partial charge in [0.1, 0.15) is 5.75 Å². The lowest BCUT2D eigenvalue weighted by molar-refractivity contribution is 0.340. The van der Waals surface area contributed by atoms with Crippen molar-refractivity contribution in [1.29, 1.82) is 0 Å². The van der Waals surface area contributed by atoms with E-state index in [2.05, 4.69) is 4.99 Å². The van der Waals surface area contributed by atoms with E-state index in [0.717, 1.165) is 16.9 Å². The maximum Gasteiger partial charge on any atom is 0.297 e. The molecule has 5 nitrogen and oxygen atoms in total. The predicted molar refractivity (Wildman–Crippen MR) is 106 cm³/mol. The quantitative estimate of drug-likeness (QED) is 0.630. The third kappa shape index (κ3) is 3.44. The molecule has 0 fully saturated rings. The summed E-state index contributed by atoms with van der Waals surface area (Å²) in [6, 6.07) is 14.8. The summed E-state index contributed by atoms with van der Waals surface area (Å²) >= 11 is 6.08. The van der Waals surface area contributed by atoms with Crippen molar-refractivity contribution in [2.24, 2.45) is 12.0 Å². The van der Waals surface area contributed by atoms with Gasteiger partial charge in [0.15, 0.2) is 5.69 Å². The van der Waals surface area contributed by atoms with E-state index in [1.807, 2.05) is 51.2 Å². The van der Waals surface area contributed by atoms with Gasteiger partial charge in [0.2, 0.25) is 0 Å². The average molecular weight is 370 g/mol. The van der Waals surface area contributed by atoms with Gasteiger partial charge in [0, 0.05) is 23.8 Å². The molecule has 0 N–H and O–H groups in total. The summed E-state index contributed by atoms with van der Waals surface area (Å²) < 4.78 is 9.00. The van der Waals surface area contributed by atoms with Crippen molar-refractivity contribution in [2.75, 3.05) is 6.61 Å². The lowest BCUT2D eigenvalue weighted by Crippen LogP contribution is -2.19. The normalized spacial score (nSPS) is 11.2. The third-order valence-corrected chi connectivity index (χ3v) is 4.36. The van der Waals surface area contributed by atoms with Crippen LogP contribution >= 0.6 is 11.6 Å². The number of hydrogen-bond donors (Lipinski definition) is 0. The van der Waals surface area contributed by atoms with Crippen LogP contribution in [0, 0.1) is 6.92 Å². The first-order valence-electron chi connectivity index (χ1n) is 8.33. The van der Waals surface area contributed by atoms with Crippen LogP contribution in [-0.4, -0.2) is 22.2 Å². The second-order valence-electron chi connectivity index (χ2n) is 5.78. The number of nitrogens with zero attached hydrogens (tertiary/aromatic N) is 3. The van der Waals surface area contributed by atoms with Gasteiger partial charge in [0.05, 0.1) is 18.0 Å². The highest BCUT2D eigenvalue weighted by atomic mass is 35.5. The van der Waals surface area contributed by atoms with Crippen LogP contribution in [0.3, 0.4) is 0 Å². The van der Waals surface area contributed by atoms with Crippen molar-refractivity contribution < 1.29 is 4.74 Å². The molecule has 0 aliphatic rings. The first-order valence-corrected chi connectivity index (χ1v) is 8.71. The van der Waals surface area contributed by atoms with Gasteiger partial charge in [-0.25, -0.2) is 9.67 Å². The fraction of sp³-hybridized carbons (Fsp3) is 0.200. The molecule has 0 saturated heterocycles. The molecule has 0 spiro atoms. The Morgan fingerprint density at radius 3 is 2.62 bits per heavy atom. The summed E-state index contributed by atoms with van der Waals surface area (Å²) in [6.07, 6.45) is 1.62. The standard InChI is InChI=1S/C20H20ClN3O2/c1-4-26-18-11-10-16(21)12-15(18)13-22-19-14(2)23(3)24(20(19)25)17-8-6-5-7-9-17/h5-13H,4H2,1-3H3.